The SMILES string of the molecule is CCN(CC(=O)O)C(=O)c1ccccn1. The van der Waals surface area contributed by atoms with E-state index >= 15 is 0 Å². The molecule has 0 atom stereocenters. The van der Waals surface area contributed by atoms with Gasteiger partial charge in [-0.25, -0.2) is 0 Å². The maximum atomic E-state index is 11.7. The Labute approximate surface area is 87.4 Å². The van der Waals surface area contributed by atoms with E-state index in [0.29, 0.717) is 6.54 Å². The van der Waals surface area contributed by atoms with E-state index in [2.05, 4.69) is 4.98 Å². The predicted octanol–water partition coefficient (Wildman–Crippen LogP) is 0.628. The van der Waals surface area contributed by atoms with Crippen LogP contribution in [0.5, 0.6) is 0 Å². The Hall–Kier alpha value is -1.91. The average molecular weight is 208 g/mol. The molecule has 0 aliphatic carbocycles. The summed E-state index contributed by atoms with van der Waals surface area (Å²) < 4.78 is 0. The van der Waals surface area contributed by atoms with Crippen LogP contribution in [0.25, 0.3) is 0 Å². The van der Waals surface area contributed by atoms with Gasteiger partial charge in [-0.15, -0.1) is 0 Å². The molecule has 0 aliphatic rings. The van der Waals surface area contributed by atoms with Crippen LogP contribution in [0, 0.1) is 0 Å². The topological polar surface area (TPSA) is 70.5 Å². The molecule has 1 amide bonds. The molecule has 0 spiro atoms. The van der Waals surface area contributed by atoms with E-state index in [-0.39, 0.29) is 18.1 Å². The van der Waals surface area contributed by atoms with Crippen molar-refractivity contribution in [3.05, 3.63) is 30.1 Å². The van der Waals surface area contributed by atoms with Gasteiger partial charge in [0.1, 0.15) is 12.2 Å². The number of carboxylic acid groups (broad SMARTS) is 1. The van der Waals surface area contributed by atoms with Crippen LogP contribution in [0.4, 0.5) is 0 Å². The van der Waals surface area contributed by atoms with Crippen molar-refractivity contribution in [3.63, 3.8) is 0 Å². The summed E-state index contributed by atoms with van der Waals surface area (Å²) in [5.74, 6) is -1.39. The van der Waals surface area contributed by atoms with Crippen LogP contribution in [-0.4, -0.2) is 40.0 Å². The highest BCUT2D eigenvalue weighted by Gasteiger charge is 2.17. The number of rotatable bonds is 4. The van der Waals surface area contributed by atoms with Crippen molar-refractivity contribution in [3.8, 4) is 0 Å². The lowest BCUT2D eigenvalue weighted by molar-refractivity contribution is -0.137. The molecule has 0 aliphatic heterocycles. The summed E-state index contributed by atoms with van der Waals surface area (Å²) in [6.45, 7) is 1.78. The Morgan fingerprint density at radius 2 is 2.20 bits per heavy atom. The Balaban J connectivity index is 2.78. The summed E-state index contributed by atoms with van der Waals surface area (Å²) in [4.78, 5) is 27.3. The normalized spacial score (nSPS) is 9.67. The first-order valence-corrected chi connectivity index (χ1v) is 4.57. The number of aliphatic carboxylic acids is 1. The zero-order valence-electron chi connectivity index (χ0n) is 8.38. The number of hydrogen-bond acceptors (Lipinski definition) is 3. The molecule has 0 radical (unpaired) electrons. The number of nitrogens with zero attached hydrogens (tertiary/aromatic N) is 2. The van der Waals surface area contributed by atoms with Gasteiger partial charge in [-0.05, 0) is 19.1 Å². The van der Waals surface area contributed by atoms with E-state index in [1.165, 1.54) is 11.1 Å². The van der Waals surface area contributed by atoms with Crippen molar-refractivity contribution in [2.24, 2.45) is 0 Å². The van der Waals surface area contributed by atoms with Crippen molar-refractivity contribution in [2.45, 2.75) is 6.92 Å². The Morgan fingerprint density at radius 3 is 2.67 bits per heavy atom. The summed E-state index contributed by atoms with van der Waals surface area (Å²) in [5, 5.41) is 8.60. The second kappa shape index (κ2) is 5.09. The van der Waals surface area contributed by atoms with Gasteiger partial charge in [0, 0.05) is 12.7 Å². The van der Waals surface area contributed by atoms with E-state index in [0.717, 1.165) is 0 Å². The first-order chi connectivity index (χ1) is 7.15. The fourth-order valence-electron chi connectivity index (χ4n) is 1.14. The molecule has 0 saturated carbocycles. The van der Waals surface area contributed by atoms with Gasteiger partial charge in [0.05, 0.1) is 0 Å². The van der Waals surface area contributed by atoms with Gasteiger partial charge < -0.3 is 10.0 Å². The fraction of sp³-hybridized carbons (Fsp3) is 0.300. The number of carbonyl (C=O) groups is 2. The van der Waals surface area contributed by atoms with Crippen LogP contribution in [0.2, 0.25) is 0 Å². The minimum atomic E-state index is -1.03. The molecule has 0 bridgehead atoms. The number of carbonyl (C=O) groups excluding carboxylic acids is 1. The van der Waals surface area contributed by atoms with Crippen molar-refractivity contribution < 1.29 is 14.7 Å². The van der Waals surface area contributed by atoms with Gasteiger partial charge >= 0.3 is 5.97 Å². The smallest absolute Gasteiger partial charge is 0.323 e. The molecule has 1 rings (SSSR count). The van der Waals surface area contributed by atoms with Crippen LogP contribution in [0.1, 0.15) is 17.4 Å². The van der Waals surface area contributed by atoms with Crippen LogP contribution in [-0.2, 0) is 4.79 Å². The molecule has 5 nitrogen and oxygen atoms in total. The number of hydrogen-bond donors (Lipinski definition) is 1. The van der Waals surface area contributed by atoms with Gasteiger partial charge in [0.2, 0.25) is 0 Å². The molecule has 1 N–H and O–H groups in total. The van der Waals surface area contributed by atoms with Crippen LogP contribution < -0.4 is 0 Å². The Kier molecular flexibility index (Phi) is 3.79. The lowest BCUT2D eigenvalue weighted by Gasteiger charge is -2.17. The van der Waals surface area contributed by atoms with Gasteiger partial charge in [0.15, 0.2) is 0 Å². The number of aromatic nitrogens is 1. The largest absolute Gasteiger partial charge is 0.480 e. The standard InChI is InChI=1S/C10H12N2O3/c1-2-12(7-9(13)14)10(15)8-5-3-4-6-11-8/h3-6H,2,7H2,1H3,(H,13,14). The highest BCUT2D eigenvalue weighted by atomic mass is 16.4. The molecular formula is C10H12N2O3. The highest BCUT2D eigenvalue weighted by Crippen LogP contribution is 2.00. The molecule has 0 fully saturated rings. The Morgan fingerprint density at radius 1 is 1.47 bits per heavy atom. The first-order valence-electron chi connectivity index (χ1n) is 4.57. The van der Waals surface area contributed by atoms with E-state index in [1.807, 2.05) is 0 Å². The van der Waals surface area contributed by atoms with E-state index < -0.39 is 5.97 Å². The third kappa shape index (κ3) is 3.05. The van der Waals surface area contributed by atoms with Crippen LogP contribution in [0.3, 0.4) is 0 Å². The lowest BCUT2D eigenvalue weighted by atomic mass is 10.3. The quantitative estimate of drug-likeness (QED) is 0.787. The zero-order valence-corrected chi connectivity index (χ0v) is 8.38. The zero-order chi connectivity index (χ0) is 11.3. The first kappa shape index (κ1) is 11.2. The van der Waals surface area contributed by atoms with E-state index in [4.69, 9.17) is 5.11 Å². The monoisotopic (exact) mass is 208 g/mol. The van der Waals surface area contributed by atoms with Gasteiger partial charge in [-0.2, -0.15) is 0 Å². The number of amides is 1. The minimum Gasteiger partial charge on any atom is -0.480 e. The van der Waals surface area contributed by atoms with Crippen LogP contribution >= 0.6 is 0 Å². The third-order valence-electron chi connectivity index (χ3n) is 1.88. The highest BCUT2D eigenvalue weighted by molar-refractivity contribution is 5.94. The minimum absolute atomic E-state index is 0.264. The average Bonchev–Trinajstić information content (AvgIpc) is 2.26. The lowest BCUT2D eigenvalue weighted by Crippen LogP contribution is -2.35. The third-order valence-corrected chi connectivity index (χ3v) is 1.88. The van der Waals surface area contributed by atoms with Crippen molar-refractivity contribution in [1.82, 2.24) is 9.88 Å². The molecule has 0 aromatic carbocycles. The van der Waals surface area contributed by atoms with E-state index in [9.17, 15) is 9.59 Å². The molecule has 0 saturated heterocycles. The molecule has 15 heavy (non-hydrogen) atoms. The molecule has 1 aromatic rings. The molecule has 5 heteroatoms. The van der Waals surface area contributed by atoms with Gasteiger partial charge in [0.25, 0.3) is 5.91 Å². The van der Waals surface area contributed by atoms with E-state index in [1.54, 1.807) is 25.1 Å². The number of pyridine rings is 1. The number of carboxylic acids is 1. The molecule has 1 heterocycles. The summed E-state index contributed by atoms with van der Waals surface area (Å²) in [7, 11) is 0. The maximum Gasteiger partial charge on any atom is 0.323 e. The van der Waals surface area contributed by atoms with Crippen molar-refractivity contribution >= 4 is 11.9 Å². The summed E-state index contributed by atoms with van der Waals surface area (Å²) in [6, 6.07) is 4.95. The fourth-order valence-corrected chi connectivity index (χ4v) is 1.14. The van der Waals surface area contributed by atoms with Crippen molar-refractivity contribution in [2.75, 3.05) is 13.1 Å². The molecular weight excluding hydrogens is 196 g/mol. The maximum absolute atomic E-state index is 11.7. The predicted molar refractivity (Wildman–Crippen MR) is 53.5 cm³/mol. The summed E-state index contributed by atoms with van der Waals surface area (Å²) >= 11 is 0. The number of likely N-dealkylation sites (N-methyl/N-ethyl adjacent to an activating group) is 1. The summed E-state index contributed by atoms with van der Waals surface area (Å²) in [5.41, 5.74) is 0.264. The van der Waals surface area contributed by atoms with Crippen molar-refractivity contribution in [1.29, 1.82) is 0 Å². The van der Waals surface area contributed by atoms with Crippen LogP contribution in [0.15, 0.2) is 24.4 Å². The van der Waals surface area contributed by atoms with Gasteiger partial charge in [-0.3, -0.25) is 14.6 Å². The second-order valence-corrected chi connectivity index (χ2v) is 2.93. The molecule has 1 aromatic heterocycles. The summed E-state index contributed by atoms with van der Waals surface area (Å²) in [6.07, 6.45) is 1.50. The molecule has 80 valence electrons. The second-order valence-electron chi connectivity index (χ2n) is 2.93. The Bertz CT molecular complexity index is 351. The molecule has 0 unspecified atom stereocenters. The van der Waals surface area contributed by atoms with Gasteiger partial charge in [-0.1, -0.05) is 6.07 Å².